The number of aromatic nitrogens is 3. The number of anilines is 2. The fraction of sp³-hybridized carbons (Fsp3) is 0.565. The maximum Gasteiger partial charge on any atom is 0.222 e. The van der Waals surface area contributed by atoms with Crippen molar-refractivity contribution in [3.8, 4) is 17.1 Å². The number of carbonyl (C=O) groups is 1. The molecule has 0 bridgehead atoms. The van der Waals surface area contributed by atoms with Crippen LogP contribution >= 0.6 is 0 Å². The summed E-state index contributed by atoms with van der Waals surface area (Å²) in [6.45, 7) is 7.12. The number of hydrogen-bond acceptors (Lipinski definition) is 10. The molecule has 0 aromatic carbocycles. The van der Waals surface area contributed by atoms with Gasteiger partial charge < -0.3 is 19.7 Å². The van der Waals surface area contributed by atoms with Gasteiger partial charge in [-0.15, -0.1) is 0 Å². The van der Waals surface area contributed by atoms with Crippen molar-refractivity contribution in [2.24, 2.45) is 0 Å². The molecule has 1 N–H and O–H groups in total. The third kappa shape index (κ3) is 5.59. The van der Waals surface area contributed by atoms with Gasteiger partial charge in [0.25, 0.3) is 0 Å². The summed E-state index contributed by atoms with van der Waals surface area (Å²) in [6.07, 6.45) is 3.47. The number of piperazine rings is 1. The number of sulfonamides is 1. The normalized spacial score (nSPS) is 21.2. The van der Waals surface area contributed by atoms with Gasteiger partial charge in [0.2, 0.25) is 15.9 Å². The molecule has 5 heterocycles. The van der Waals surface area contributed by atoms with Crippen LogP contribution in [-0.4, -0.2) is 110 Å². The molecule has 2 aromatic rings. The molecule has 1 amide bonds. The third-order valence-corrected chi connectivity index (χ3v) is 7.83. The zero-order valence-electron chi connectivity index (χ0n) is 20.5. The van der Waals surface area contributed by atoms with Crippen LogP contribution in [0.4, 0.5) is 11.6 Å². The predicted octanol–water partition coefficient (Wildman–Crippen LogP) is 0.214. The van der Waals surface area contributed by atoms with Crippen LogP contribution in [0.5, 0.6) is 5.75 Å². The molecule has 2 fully saturated rings. The summed E-state index contributed by atoms with van der Waals surface area (Å²) in [5.41, 5.74) is 1.61. The summed E-state index contributed by atoms with van der Waals surface area (Å²) in [5.74, 6) is 2.32. The van der Waals surface area contributed by atoms with E-state index in [1.807, 2.05) is 6.07 Å². The van der Waals surface area contributed by atoms with Gasteiger partial charge in [-0.1, -0.05) is 0 Å². The van der Waals surface area contributed by atoms with Gasteiger partial charge in [0, 0.05) is 70.9 Å². The number of ether oxygens (including phenoxy) is 2. The van der Waals surface area contributed by atoms with Crippen LogP contribution in [0, 0.1) is 0 Å². The molecule has 2 saturated heterocycles. The highest BCUT2D eigenvalue weighted by molar-refractivity contribution is 7.88. The predicted molar refractivity (Wildman–Crippen MR) is 134 cm³/mol. The first kappa shape index (κ1) is 24.8. The first-order valence-corrected chi connectivity index (χ1v) is 13.9. The van der Waals surface area contributed by atoms with Crippen LogP contribution < -0.4 is 15.0 Å². The van der Waals surface area contributed by atoms with Crippen LogP contribution in [0.2, 0.25) is 0 Å². The van der Waals surface area contributed by atoms with E-state index in [-0.39, 0.29) is 12.0 Å². The summed E-state index contributed by atoms with van der Waals surface area (Å²) < 4.78 is 37.1. The lowest BCUT2D eigenvalue weighted by Gasteiger charge is -2.34. The molecule has 1 unspecified atom stereocenters. The van der Waals surface area contributed by atoms with Gasteiger partial charge in [0.1, 0.15) is 11.9 Å². The topological polar surface area (TPSA) is 130 Å². The molecule has 12 nitrogen and oxygen atoms in total. The second-order valence-corrected chi connectivity index (χ2v) is 11.2. The fourth-order valence-corrected chi connectivity index (χ4v) is 5.53. The van der Waals surface area contributed by atoms with E-state index in [0.29, 0.717) is 82.8 Å². The summed E-state index contributed by atoms with van der Waals surface area (Å²) in [4.78, 5) is 29.7. The Morgan fingerprint density at radius 3 is 2.50 bits per heavy atom. The second-order valence-electron chi connectivity index (χ2n) is 9.27. The van der Waals surface area contributed by atoms with Crippen molar-refractivity contribution in [1.82, 2.24) is 24.2 Å². The second kappa shape index (κ2) is 10.2. The van der Waals surface area contributed by atoms with Crippen molar-refractivity contribution in [2.75, 3.05) is 75.5 Å². The number of pyridine rings is 1. The molecule has 1 atom stereocenters. The average Bonchev–Trinajstić information content (AvgIpc) is 3.26. The number of rotatable bonds is 6. The maximum absolute atomic E-state index is 11.8. The van der Waals surface area contributed by atoms with E-state index in [1.54, 1.807) is 12.3 Å². The quantitative estimate of drug-likeness (QED) is 0.568. The van der Waals surface area contributed by atoms with Crippen molar-refractivity contribution in [3.63, 3.8) is 0 Å². The number of morpholine rings is 1. The molecule has 194 valence electrons. The molecule has 0 spiro atoms. The molecule has 5 rings (SSSR count). The van der Waals surface area contributed by atoms with E-state index in [2.05, 4.69) is 20.1 Å². The van der Waals surface area contributed by atoms with E-state index >= 15 is 0 Å². The van der Waals surface area contributed by atoms with Crippen molar-refractivity contribution < 1.29 is 22.7 Å². The number of hydrogen-bond donors (Lipinski definition) is 1. The monoisotopic (exact) mass is 517 g/mol. The molecular formula is C23H31N7O5S. The minimum absolute atomic E-state index is 0.0885. The Bertz CT molecular complexity index is 1210. The van der Waals surface area contributed by atoms with Crippen LogP contribution in [0.25, 0.3) is 11.4 Å². The lowest BCUT2D eigenvalue weighted by atomic mass is 10.2. The molecule has 3 aliphatic rings. The number of fused-ring (bicyclic) bond motifs is 1. The van der Waals surface area contributed by atoms with Gasteiger partial charge in [-0.05, 0) is 12.1 Å². The van der Waals surface area contributed by atoms with Crippen LogP contribution in [0.15, 0.2) is 18.3 Å². The summed E-state index contributed by atoms with van der Waals surface area (Å²) in [6, 6.07) is 3.58. The lowest BCUT2D eigenvalue weighted by Crippen LogP contribution is -2.50. The van der Waals surface area contributed by atoms with Crippen LogP contribution in [-0.2, 0) is 26.0 Å². The molecule has 13 heteroatoms. The number of nitrogens with zero attached hydrogens (tertiary/aromatic N) is 6. The Hall–Kier alpha value is -2.87. The molecule has 0 aliphatic carbocycles. The maximum atomic E-state index is 11.8. The Kier molecular flexibility index (Phi) is 7.06. The van der Waals surface area contributed by atoms with Crippen LogP contribution in [0.1, 0.15) is 12.6 Å². The minimum atomic E-state index is -3.16. The molecule has 3 aliphatic heterocycles. The number of nitrogens with one attached hydrogen (secondary N) is 1. The first-order chi connectivity index (χ1) is 17.3. The molecule has 36 heavy (non-hydrogen) atoms. The summed E-state index contributed by atoms with van der Waals surface area (Å²) in [7, 11) is -3.16. The first-order valence-electron chi connectivity index (χ1n) is 12.1. The minimum Gasteiger partial charge on any atom is -0.483 e. The lowest BCUT2D eigenvalue weighted by molar-refractivity contribution is -0.114. The largest absolute Gasteiger partial charge is 0.483 e. The Morgan fingerprint density at radius 1 is 1.11 bits per heavy atom. The standard InChI is InChI=1S/C23H31N7O5S/c1-16(31)25-20-4-3-17(14-24-20)22-26-19-13-18(15-28-5-7-30(8-6-28)36(2,32)33)35-21(19)23(27-22)29-9-11-34-12-10-29/h3-4,14,18H,5-13,15H2,1-2H3,(H,24,25,31). The Labute approximate surface area is 210 Å². The van der Waals surface area contributed by atoms with Gasteiger partial charge >= 0.3 is 0 Å². The Morgan fingerprint density at radius 2 is 1.86 bits per heavy atom. The molecule has 0 saturated carbocycles. The summed E-state index contributed by atoms with van der Waals surface area (Å²) >= 11 is 0. The highest BCUT2D eigenvalue weighted by atomic mass is 32.2. The van der Waals surface area contributed by atoms with Gasteiger partial charge in [-0.25, -0.2) is 23.4 Å². The number of amides is 1. The van der Waals surface area contributed by atoms with E-state index in [4.69, 9.17) is 19.4 Å². The van der Waals surface area contributed by atoms with Gasteiger partial charge in [-0.3, -0.25) is 9.69 Å². The van der Waals surface area contributed by atoms with Crippen molar-refractivity contribution in [1.29, 1.82) is 0 Å². The SMILES string of the molecule is CC(=O)Nc1ccc(-c2nc3c(c(N4CCOCC4)n2)OC(CN2CCN(S(C)(=O)=O)CC2)C3)cn1. The van der Waals surface area contributed by atoms with Crippen LogP contribution in [0.3, 0.4) is 0 Å². The number of carbonyl (C=O) groups excluding carboxylic acids is 1. The molecular weight excluding hydrogens is 486 g/mol. The van der Waals surface area contributed by atoms with Gasteiger partial charge in [0.05, 0.1) is 25.2 Å². The zero-order chi connectivity index (χ0) is 25.3. The highest BCUT2D eigenvalue weighted by Gasteiger charge is 2.34. The van der Waals surface area contributed by atoms with Crippen molar-refractivity contribution >= 4 is 27.6 Å². The third-order valence-electron chi connectivity index (χ3n) is 6.52. The van der Waals surface area contributed by atoms with E-state index in [0.717, 1.165) is 17.1 Å². The summed E-state index contributed by atoms with van der Waals surface area (Å²) in [5, 5.41) is 2.67. The van der Waals surface area contributed by atoms with E-state index in [9.17, 15) is 13.2 Å². The molecule has 2 aromatic heterocycles. The average molecular weight is 518 g/mol. The van der Waals surface area contributed by atoms with Gasteiger partial charge in [0.15, 0.2) is 17.4 Å². The zero-order valence-corrected chi connectivity index (χ0v) is 21.3. The Balaban J connectivity index is 1.35. The van der Waals surface area contributed by atoms with Crippen molar-refractivity contribution in [3.05, 3.63) is 24.0 Å². The van der Waals surface area contributed by atoms with Crippen molar-refractivity contribution in [2.45, 2.75) is 19.4 Å². The molecule has 0 radical (unpaired) electrons. The highest BCUT2D eigenvalue weighted by Crippen LogP contribution is 2.38. The van der Waals surface area contributed by atoms with E-state index < -0.39 is 10.0 Å². The van der Waals surface area contributed by atoms with Gasteiger partial charge in [-0.2, -0.15) is 4.31 Å². The van der Waals surface area contributed by atoms with E-state index in [1.165, 1.54) is 17.5 Å². The fourth-order valence-electron chi connectivity index (χ4n) is 4.70. The smallest absolute Gasteiger partial charge is 0.222 e.